The third-order valence-corrected chi connectivity index (χ3v) is 9.62. The van der Waals surface area contributed by atoms with Crippen LogP contribution in [0.2, 0.25) is 5.02 Å². The fraction of sp³-hybridized carbons (Fsp3) is 0.269. The Hall–Kier alpha value is -2.65. The molecule has 1 saturated heterocycles. The molecule has 0 unspecified atom stereocenters. The maximum Gasteiger partial charge on any atom is 0.265 e. The molecule has 182 valence electrons. The normalized spacial score (nSPS) is 15.0. The van der Waals surface area contributed by atoms with Crippen molar-refractivity contribution in [2.24, 2.45) is 0 Å². The number of piperazine rings is 1. The lowest BCUT2D eigenvalue weighted by molar-refractivity contribution is 0.261. The quantitative estimate of drug-likeness (QED) is 0.334. The lowest BCUT2D eigenvalue weighted by atomic mass is 10.1. The molecule has 0 saturated carbocycles. The summed E-state index contributed by atoms with van der Waals surface area (Å²) in [5.74, 6) is 1.09. The molecule has 0 atom stereocenters. The highest BCUT2D eigenvalue weighted by Gasteiger charge is 2.26. The van der Waals surface area contributed by atoms with Crippen molar-refractivity contribution in [3.63, 3.8) is 0 Å². The zero-order valence-electron chi connectivity index (χ0n) is 19.5. The number of benzene rings is 3. The van der Waals surface area contributed by atoms with Gasteiger partial charge in [0, 0.05) is 45.2 Å². The molecule has 6 nitrogen and oxygen atoms in total. The molecule has 0 N–H and O–H groups in total. The van der Waals surface area contributed by atoms with Crippen LogP contribution in [0.15, 0.2) is 77.7 Å². The van der Waals surface area contributed by atoms with E-state index in [1.54, 1.807) is 42.8 Å². The molecule has 3 aromatic carbocycles. The van der Waals surface area contributed by atoms with E-state index in [1.165, 1.54) is 14.4 Å². The van der Waals surface area contributed by atoms with E-state index in [2.05, 4.69) is 34.1 Å². The second kappa shape index (κ2) is 10.1. The van der Waals surface area contributed by atoms with Crippen LogP contribution in [-0.2, 0) is 16.4 Å². The van der Waals surface area contributed by atoms with Crippen molar-refractivity contribution in [2.75, 3.05) is 49.0 Å². The summed E-state index contributed by atoms with van der Waals surface area (Å²) in [6.45, 7) is 4.61. The van der Waals surface area contributed by atoms with Crippen LogP contribution in [0.5, 0.6) is 0 Å². The highest BCUT2D eigenvalue weighted by atomic mass is 35.5. The number of aromatic nitrogens is 1. The van der Waals surface area contributed by atoms with Gasteiger partial charge in [0.2, 0.25) is 0 Å². The molecule has 1 aliphatic heterocycles. The first-order valence-corrected chi connectivity index (χ1v) is 14.2. The summed E-state index contributed by atoms with van der Waals surface area (Å²) in [4.78, 5) is 4.92. The Morgan fingerprint density at radius 1 is 0.943 bits per heavy atom. The first kappa shape index (κ1) is 24.1. The largest absolute Gasteiger partial charge is 0.353 e. The van der Waals surface area contributed by atoms with Crippen molar-refractivity contribution < 1.29 is 8.42 Å². The zero-order chi connectivity index (χ0) is 24.4. The second-order valence-electron chi connectivity index (χ2n) is 8.61. The molecule has 0 bridgehead atoms. The molecule has 1 fully saturated rings. The van der Waals surface area contributed by atoms with Gasteiger partial charge in [0.1, 0.15) is 10.7 Å². The van der Waals surface area contributed by atoms with E-state index in [1.807, 2.05) is 24.3 Å². The third-order valence-electron chi connectivity index (χ3n) is 6.53. The fourth-order valence-corrected chi connectivity index (χ4v) is 7.04. The van der Waals surface area contributed by atoms with Gasteiger partial charge in [-0.3, -0.25) is 9.21 Å². The molecular weight excluding hydrogens is 500 g/mol. The van der Waals surface area contributed by atoms with E-state index in [4.69, 9.17) is 16.0 Å². The first-order chi connectivity index (χ1) is 16.9. The molecule has 9 heteroatoms. The van der Waals surface area contributed by atoms with Crippen molar-refractivity contribution in [1.29, 1.82) is 0 Å². The van der Waals surface area contributed by atoms with Gasteiger partial charge in [-0.2, -0.15) is 4.37 Å². The van der Waals surface area contributed by atoms with Gasteiger partial charge >= 0.3 is 0 Å². The maximum absolute atomic E-state index is 13.3. The van der Waals surface area contributed by atoms with E-state index < -0.39 is 10.0 Å². The monoisotopic (exact) mass is 526 g/mol. The van der Waals surface area contributed by atoms with E-state index in [0.29, 0.717) is 5.69 Å². The maximum atomic E-state index is 13.3. The number of fused-ring (bicyclic) bond motifs is 1. The number of sulfonamides is 1. The summed E-state index contributed by atoms with van der Waals surface area (Å²) in [5, 5.41) is 1.45. The van der Waals surface area contributed by atoms with E-state index >= 15 is 0 Å². The van der Waals surface area contributed by atoms with Crippen LogP contribution in [0.1, 0.15) is 5.56 Å². The smallest absolute Gasteiger partial charge is 0.265 e. The molecular formula is C26H27ClN4O2S2. The van der Waals surface area contributed by atoms with Crippen LogP contribution in [-0.4, -0.2) is 57.5 Å². The minimum Gasteiger partial charge on any atom is -0.353 e. The number of hydrogen-bond donors (Lipinski definition) is 0. The Labute approximate surface area is 215 Å². The number of anilines is 2. The molecule has 0 aliphatic carbocycles. The summed E-state index contributed by atoms with van der Waals surface area (Å²) in [7, 11) is -2.17. The summed E-state index contributed by atoms with van der Waals surface area (Å²) in [6.07, 6.45) is 0.762. The van der Waals surface area contributed by atoms with Crippen molar-refractivity contribution >= 4 is 54.7 Å². The number of hydrogen-bond acceptors (Lipinski definition) is 6. The molecule has 0 radical (unpaired) electrons. The minimum absolute atomic E-state index is 0.115. The highest BCUT2D eigenvalue weighted by molar-refractivity contribution is 7.93. The molecule has 4 aromatic rings. The standard InChI is InChI=1S/C26H27ClN4O2S2/c1-29(35(32,33)25-13-7-4-10-22(25)27)23-11-5-2-8-20(23)14-15-30-16-18-31(19-17-30)26-21-9-3-6-12-24(21)34-28-26/h2-13H,14-19H2,1H3. The van der Waals surface area contributed by atoms with Crippen LogP contribution in [0.3, 0.4) is 0 Å². The van der Waals surface area contributed by atoms with Crippen LogP contribution in [0.25, 0.3) is 10.1 Å². The second-order valence-corrected chi connectivity index (χ2v) is 11.8. The Morgan fingerprint density at radius 3 is 2.43 bits per heavy atom. The molecule has 0 amide bonds. The van der Waals surface area contributed by atoms with Crippen LogP contribution in [0.4, 0.5) is 11.5 Å². The Bertz CT molecular complexity index is 1430. The summed E-state index contributed by atoms with van der Waals surface area (Å²) >= 11 is 7.76. The van der Waals surface area contributed by atoms with Gasteiger partial charge in [-0.25, -0.2) is 8.42 Å². The molecule has 0 spiro atoms. The fourth-order valence-electron chi connectivity index (χ4n) is 4.52. The SMILES string of the molecule is CN(c1ccccc1CCN1CCN(c2nsc3ccccc23)CC1)S(=O)(=O)c1ccccc1Cl. The lowest BCUT2D eigenvalue weighted by Crippen LogP contribution is -2.47. The van der Waals surface area contributed by atoms with Gasteiger partial charge in [-0.05, 0) is 53.8 Å². The Morgan fingerprint density at radius 2 is 1.63 bits per heavy atom. The predicted molar refractivity (Wildman–Crippen MR) is 145 cm³/mol. The van der Waals surface area contributed by atoms with Crippen molar-refractivity contribution in [3.8, 4) is 0 Å². The summed E-state index contributed by atoms with van der Waals surface area (Å²) < 4.78 is 33.8. The van der Waals surface area contributed by atoms with Gasteiger partial charge in [-0.15, -0.1) is 0 Å². The number of halogens is 1. The van der Waals surface area contributed by atoms with Crippen molar-refractivity contribution in [1.82, 2.24) is 9.27 Å². The first-order valence-electron chi connectivity index (χ1n) is 11.6. The Kier molecular flexibility index (Phi) is 6.98. The molecule has 1 aromatic heterocycles. The molecule has 5 rings (SSSR count). The van der Waals surface area contributed by atoms with Crippen LogP contribution in [0, 0.1) is 0 Å². The highest BCUT2D eigenvalue weighted by Crippen LogP contribution is 2.31. The summed E-state index contributed by atoms with van der Waals surface area (Å²) in [6, 6.07) is 22.6. The predicted octanol–water partition coefficient (Wildman–Crippen LogP) is 5.14. The molecule has 35 heavy (non-hydrogen) atoms. The van der Waals surface area contributed by atoms with Crippen LogP contribution >= 0.6 is 23.1 Å². The number of para-hydroxylation sites is 1. The van der Waals surface area contributed by atoms with E-state index in [9.17, 15) is 8.42 Å². The zero-order valence-corrected chi connectivity index (χ0v) is 21.9. The average molecular weight is 527 g/mol. The third kappa shape index (κ3) is 4.89. The summed E-state index contributed by atoms with van der Waals surface area (Å²) in [5.41, 5.74) is 1.68. The van der Waals surface area contributed by atoms with E-state index in [-0.39, 0.29) is 9.92 Å². The van der Waals surface area contributed by atoms with Gasteiger partial charge < -0.3 is 4.90 Å². The number of rotatable bonds is 7. The van der Waals surface area contributed by atoms with Crippen LogP contribution < -0.4 is 9.21 Å². The molecule has 2 heterocycles. The molecule has 1 aliphatic rings. The average Bonchev–Trinajstić information content (AvgIpc) is 3.32. The topological polar surface area (TPSA) is 56.8 Å². The van der Waals surface area contributed by atoms with Gasteiger partial charge in [0.15, 0.2) is 0 Å². The van der Waals surface area contributed by atoms with Gasteiger partial charge in [-0.1, -0.05) is 54.1 Å². The lowest BCUT2D eigenvalue weighted by Gasteiger charge is -2.35. The van der Waals surface area contributed by atoms with Crippen molar-refractivity contribution in [2.45, 2.75) is 11.3 Å². The number of nitrogens with zero attached hydrogens (tertiary/aromatic N) is 4. The van der Waals surface area contributed by atoms with E-state index in [0.717, 1.165) is 50.5 Å². The Balaban J connectivity index is 1.25. The van der Waals surface area contributed by atoms with Crippen molar-refractivity contribution in [3.05, 3.63) is 83.4 Å². The van der Waals surface area contributed by atoms with Gasteiger partial charge in [0.05, 0.1) is 15.4 Å². The van der Waals surface area contributed by atoms with Gasteiger partial charge in [0.25, 0.3) is 10.0 Å². The minimum atomic E-state index is -3.76.